The van der Waals surface area contributed by atoms with Crippen LogP contribution >= 0.6 is 0 Å². The zero-order valence-corrected chi connectivity index (χ0v) is 8.79. The van der Waals surface area contributed by atoms with E-state index in [1.54, 1.807) is 6.07 Å². The Morgan fingerprint density at radius 3 is 3.12 bits per heavy atom. The molecule has 1 aromatic carbocycles. The van der Waals surface area contributed by atoms with Gasteiger partial charge in [-0.05, 0) is 18.2 Å². The first-order valence-electron chi connectivity index (χ1n) is 4.92. The van der Waals surface area contributed by atoms with Crippen LogP contribution in [0.25, 0.3) is 0 Å². The normalized spacial score (nSPS) is 16.5. The number of hydrogen-bond acceptors (Lipinski definition) is 3. The van der Waals surface area contributed by atoms with Crippen molar-refractivity contribution in [2.75, 3.05) is 6.61 Å². The molecule has 1 aliphatic rings. The number of nitrogens with zero attached hydrogens (tertiary/aromatic N) is 1. The van der Waals surface area contributed by atoms with Gasteiger partial charge in [0, 0.05) is 18.9 Å². The molecule has 1 amide bonds. The van der Waals surface area contributed by atoms with Crippen molar-refractivity contribution in [3.05, 3.63) is 29.6 Å². The molecule has 0 spiro atoms. The van der Waals surface area contributed by atoms with Crippen molar-refractivity contribution in [3.63, 3.8) is 0 Å². The SMILES string of the molecule is CC(=O)N/N=C1\CCOc2ccc(F)cc21. The van der Waals surface area contributed by atoms with Crippen LogP contribution in [0, 0.1) is 5.82 Å². The lowest BCUT2D eigenvalue weighted by atomic mass is 10.0. The van der Waals surface area contributed by atoms with Crippen LogP contribution in [0.5, 0.6) is 5.75 Å². The van der Waals surface area contributed by atoms with Gasteiger partial charge in [0.1, 0.15) is 11.6 Å². The van der Waals surface area contributed by atoms with Gasteiger partial charge in [0.25, 0.3) is 0 Å². The average molecular weight is 222 g/mol. The van der Waals surface area contributed by atoms with E-state index >= 15 is 0 Å². The molecule has 0 atom stereocenters. The molecule has 0 aromatic heterocycles. The van der Waals surface area contributed by atoms with Crippen molar-refractivity contribution in [1.82, 2.24) is 5.43 Å². The Bertz CT molecular complexity index is 457. The van der Waals surface area contributed by atoms with E-state index in [-0.39, 0.29) is 11.7 Å². The second-order valence-electron chi connectivity index (χ2n) is 3.47. The molecule has 0 bridgehead atoms. The quantitative estimate of drug-likeness (QED) is 0.731. The van der Waals surface area contributed by atoms with Crippen LogP contribution in [0.3, 0.4) is 0 Å². The molecular weight excluding hydrogens is 211 g/mol. The number of carbonyl (C=O) groups is 1. The van der Waals surface area contributed by atoms with Crippen LogP contribution in [0.4, 0.5) is 4.39 Å². The molecule has 4 nitrogen and oxygen atoms in total. The molecule has 0 saturated heterocycles. The number of hydrazone groups is 1. The van der Waals surface area contributed by atoms with E-state index in [0.29, 0.717) is 30.1 Å². The predicted octanol–water partition coefficient (Wildman–Crippen LogP) is 1.45. The topological polar surface area (TPSA) is 50.7 Å². The molecule has 0 fully saturated rings. The standard InChI is InChI=1S/C11H11FN2O2/c1-7(15)13-14-10-4-5-16-11-3-2-8(12)6-9(10)11/h2-3,6H,4-5H2,1H3,(H,13,15)/b14-10+. The number of rotatable bonds is 1. The van der Waals surface area contributed by atoms with Gasteiger partial charge in [-0.2, -0.15) is 5.10 Å². The highest BCUT2D eigenvalue weighted by molar-refractivity contribution is 6.04. The summed E-state index contributed by atoms with van der Waals surface area (Å²) in [5.74, 6) is -0.00604. The number of hydrogen-bond donors (Lipinski definition) is 1. The van der Waals surface area contributed by atoms with Gasteiger partial charge in [-0.3, -0.25) is 4.79 Å². The molecule has 1 heterocycles. The Morgan fingerprint density at radius 2 is 2.38 bits per heavy atom. The molecule has 16 heavy (non-hydrogen) atoms. The van der Waals surface area contributed by atoms with E-state index in [1.807, 2.05) is 0 Å². The third-order valence-electron chi connectivity index (χ3n) is 2.20. The Balaban J connectivity index is 2.35. The maximum absolute atomic E-state index is 13.1. The largest absolute Gasteiger partial charge is 0.492 e. The van der Waals surface area contributed by atoms with Crippen molar-refractivity contribution in [2.45, 2.75) is 13.3 Å². The van der Waals surface area contributed by atoms with Crippen molar-refractivity contribution in [1.29, 1.82) is 0 Å². The molecule has 0 radical (unpaired) electrons. The lowest BCUT2D eigenvalue weighted by Crippen LogP contribution is -2.21. The minimum Gasteiger partial charge on any atom is -0.492 e. The lowest BCUT2D eigenvalue weighted by molar-refractivity contribution is -0.118. The molecule has 0 unspecified atom stereocenters. The first kappa shape index (κ1) is 10.6. The fraction of sp³-hybridized carbons (Fsp3) is 0.273. The van der Waals surface area contributed by atoms with Gasteiger partial charge in [-0.25, -0.2) is 9.82 Å². The summed E-state index contributed by atoms with van der Waals surface area (Å²) in [6.07, 6.45) is 0.552. The third kappa shape index (κ3) is 2.18. The molecule has 1 aliphatic heterocycles. The molecule has 0 saturated carbocycles. The summed E-state index contributed by atoms with van der Waals surface area (Å²) >= 11 is 0. The summed E-state index contributed by atoms with van der Waals surface area (Å²) in [5, 5.41) is 3.94. The van der Waals surface area contributed by atoms with E-state index in [4.69, 9.17) is 4.74 Å². The van der Waals surface area contributed by atoms with Crippen molar-refractivity contribution < 1.29 is 13.9 Å². The number of nitrogens with one attached hydrogen (secondary N) is 1. The molecule has 1 N–H and O–H groups in total. The van der Waals surface area contributed by atoms with Crippen LogP contribution < -0.4 is 10.2 Å². The fourth-order valence-electron chi connectivity index (χ4n) is 1.51. The highest BCUT2D eigenvalue weighted by Crippen LogP contribution is 2.25. The summed E-state index contributed by atoms with van der Waals surface area (Å²) < 4.78 is 18.4. The molecule has 0 aliphatic carbocycles. The first-order valence-corrected chi connectivity index (χ1v) is 4.92. The number of halogens is 1. The Kier molecular flexibility index (Phi) is 2.85. The van der Waals surface area contributed by atoms with Gasteiger partial charge in [-0.1, -0.05) is 0 Å². The predicted molar refractivity (Wildman–Crippen MR) is 56.9 cm³/mol. The van der Waals surface area contributed by atoms with Crippen LogP contribution in [-0.4, -0.2) is 18.2 Å². The number of ether oxygens (including phenoxy) is 1. The minimum absolute atomic E-state index is 0.253. The van der Waals surface area contributed by atoms with Crippen molar-refractivity contribution in [2.24, 2.45) is 5.10 Å². The number of carbonyl (C=O) groups excluding carboxylic acids is 1. The maximum atomic E-state index is 13.1. The zero-order valence-electron chi connectivity index (χ0n) is 8.79. The van der Waals surface area contributed by atoms with E-state index in [0.717, 1.165) is 0 Å². The second-order valence-corrected chi connectivity index (χ2v) is 3.47. The molecule has 84 valence electrons. The van der Waals surface area contributed by atoms with Crippen molar-refractivity contribution in [3.8, 4) is 5.75 Å². The van der Waals surface area contributed by atoms with Crippen LogP contribution in [0.2, 0.25) is 0 Å². The summed E-state index contributed by atoms with van der Waals surface area (Å²) in [6.45, 7) is 1.85. The average Bonchev–Trinajstić information content (AvgIpc) is 2.26. The van der Waals surface area contributed by atoms with Gasteiger partial charge >= 0.3 is 0 Å². The summed E-state index contributed by atoms with van der Waals surface area (Å²) in [6, 6.07) is 4.25. The first-order chi connectivity index (χ1) is 7.66. The summed E-state index contributed by atoms with van der Waals surface area (Å²) in [5.41, 5.74) is 3.58. The lowest BCUT2D eigenvalue weighted by Gasteiger charge is -2.18. The monoisotopic (exact) mass is 222 g/mol. The fourth-order valence-corrected chi connectivity index (χ4v) is 1.51. The number of benzene rings is 1. The summed E-state index contributed by atoms with van der Waals surface area (Å²) in [4.78, 5) is 10.7. The summed E-state index contributed by atoms with van der Waals surface area (Å²) in [7, 11) is 0. The Hall–Kier alpha value is -1.91. The number of amides is 1. The third-order valence-corrected chi connectivity index (χ3v) is 2.20. The molecular formula is C11H11FN2O2. The van der Waals surface area contributed by atoms with Gasteiger partial charge < -0.3 is 4.74 Å². The highest BCUT2D eigenvalue weighted by Gasteiger charge is 2.17. The van der Waals surface area contributed by atoms with Gasteiger partial charge in [-0.15, -0.1) is 0 Å². The minimum atomic E-state index is -0.347. The molecule has 1 aromatic rings. The van der Waals surface area contributed by atoms with E-state index < -0.39 is 0 Å². The van der Waals surface area contributed by atoms with Gasteiger partial charge in [0.2, 0.25) is 5.91 Å². The Labute approximate surface area is 92.1 Å². The highest BCUT2D eigenvalue weighted by atomic mass is 19.1. The second kappa shape index (κ2) is 4.30. The van der Waals surface area contributed by atoms with E-state index in [2.05, 4.69) is 10.5 Å². The number of fused-ring (bicyclic) bond motifs is 1. The van der Waals surface area contributed by atoms with E-state index in [9.17, 15) is 9.18 Å². The zero-order chi connectivity index (χ0) is 11.5. The smallest absolute Gasteiger partial charge is 0.236 e. The van der Waals surface area contributed by atoms with Gasteiger partial charge in [0.05, 0.1) is 12.3 Å². The van der Waals surface area contributed by atoms with Crippen LogP contribution in [0.15, 0.2) is 23.3 Å². The molecule has 5 heteroatoms. The maximum Gasteiger partial charge on any atom is 0.236 e. The molecule has 2 rings (SSSR count). The van der Waals surface area contributed by atoms with Crippen LogP contribution in [0.1, 0.15) is 18.9 Å². The van der Waals surface area contributed by atoms with Crippen molar-refractivity contribution >= 4 is 11.6 Å². The van der Waals surface area contributed by atoms with E-state index in [1.165, 1.54) is 19.1 Å². The van der Waals surface area contributed by atoms with Gasteiger partial charge in [0.15, 0.2) is 0 Å². The van der Waals surface area contributed by atoms with Crippen LogP contribution in [-0.2, 0) is 4.79 Å². The Morgan fingerprint density at radius 1 is 1.56 bits per heavy atom.